The van der Waals surface area contributed by atoms with Gasteiger partial charge in [0.15, 0.2) is 0 Å². The number of rotatable bonds is 15. The fourth-order valence-electron chi connectivity index (χ4n) is 3.35. The number of sulfonamides is 1. The van der Waals surface area contributed by atoms with E-state index in [-0.39, 0.29) is 12.4 Å². The van der Waals surface area contributed by atoms with Gasteiger partial charge in [0, 0.05) is 19.7 Å². The molecule has 0 unspecified atom stereocenters. The molecule has 0 aliphatic rings. The van der Waals surface area contributed by atoms with Crippen LogP contribution in [0.4, 0.5) is 0 Å². The summed E-state index contributed by atoms with van der Waals surface area (Å²) in [6.45, 7) is 0.851. The van der Waals surface area contributed by atoms with Crippen LogP contribution in [-0.4, -0.2) is 44.4 Å². The van der Waals surface area contributed by atoms with Gasteiger partial charge in [-0.05, 0) is 48.2 Å². The van der Waals surface area contributed by atoms with Gasteiger partial charge in [-0.25, -0.2) is 8.42 Å². The minimum absolute atomic E-state index is 0.138. The second-order valence-electron chi connectivity index (χ2n) is 7.63. The van der Waals surface area contributed by atoms with Crippen LogP contribution in [0, 0.1) is 0 Å². The maximum absolute atomic E-state index is 13.2. The summed E-state index contributed by atoms with van der Waals surface area (Å²) in [6, 6.07) is 15.0. The van der Waals surface area contributed by atoms with Crippen molar-refractivity contribution in [2.45, 2.75) is 51.6 Å². The molecule has 0 fully saturated rings. The van der Waals surface area contributed by atoms with Crippen molar-refractivity contribution in [3.05, 3.63) is 59.7 Å². The molecule has 172 valence electrons. The molecule has 0 heterocycles. The monoisotopic (exact) mass is 449 g/mol. The largest absolute Gasteiger partial charge is 0.497 e. The van der Waals surface area contributed by atoms with Crippen molar-refractivity contribution in [3.63, 3.8) is 0 Å². The molecule has 0 spiro atoms. The van der Waals surface area contributed by atoms with Crippen molar-refractivity contribution in [1.29, 1.82) is 0 Å². The lowest BCUT2D eigenvalue weighted by molar-refractivity contribution is 0.282. The fraction of sp³-hybridized carbons (Fsp3) is 0.500. The minimum atomic E-state index is -3.42. The van der Waals surface area contributed by atoms with Crippen LogP contribution in [0.5, 0.6) is 11.5 Å². The zero-order valence-corrected chi connectivity index (χ0v) is 19.4. The van der Waals surface area contributed by atoms with Gasteiger partial charge in [0.2, 0.25) is 10.0 Å². The average molecular weight is 450 g/mol. The molecule has 0 aliphatic carbocycles. The van der Waals surface area contributed by atoms with E-state index in [0.29, 0.717) is 19.5 Å². The first-order valence-corrected chi connectivity index (χ1v) is 12.4. The lowest BCUT2D eigenvalue weighted by atomic mass is 10.1. The van der Waals surface area contributed by atoms with Crippen LogP contribution in [0.1, 0.15) is 49.7 Å². The summed E-state index contributed by atoms with van der Waals surface area (Å²) in [5.41, 5.74) is 1.84. The fourth-order valence-corrected chi connectivity index (χ4v) is 4.87. The van der Waals surface area contributed by atoms with Crippen molar-refractivity contribution in [2.75, 3.05) is 26.6 Å². The first-order chi connectivity index (χ1) is 15.0. The Labute approximate surface area is 186 Å². The van der Waals surface area contributed by atoms with Crippen molar-refractivity contribution in [3.8, 4) is 11.5 Å². The molecule has 2 aromatic rings. The van der Waals surface area contributed by atoms with Gasteiger partial charge >= 0.3 is 0 Å². The molecule has 0 aromatic heterocycles. The van der Waals surface area contributed by atoms with Crippen LogP contribution >= 0.6 is 0 Å². The summed E-state index contributed by atoms with van der Waals surface area (Å²) in [5, 5.41) is 8.84. The van der Waals surface area contributed by atoms with E-state index < -0.39 is 10.0 Å². The quantitative estimate of drug-likeness (QED) is 0.409. The lowest BCUT2D eigenvalue weighted by Crippen LogP contribution is -2.32. The van der Waals surface area contributed by atoms with Crippen LogP contribution in [-0.2, 0) is 23.1 Å². The van der Waals surface area contributed by atoms with Gasteiger partial charge < -0.3 is 14.6 Å². The molecule has 0 atom stereocenters. The zero-order chi connectivity index (χ0) is 22.5. The molecule has 0 radical (unpaired) electrons. The number of benzene rings is 2. The Morgan fingerprint density at radius 2 is 1.13 bits per heavy atom. The van der Waals surface area contributed by atoms with E-state index in [1.165, 1.54) is 0 Å². The van der Waals surface area contributed by atoms with Crippen molar-refractivity contribution < 1.29 is 23.0 Å². The molecule has 1 N–H and O–H groups in total. The Kier molecular flexibility index (Phi) is 10.8. The maximum Gasteiger partial charge on any atom is 0.214 e. The first-order valence-electron chi connectivity index (χ1n) is 10.8. The Hall–Kier alpha value is -2.09. The van der Waals surface area contributed by atoms with Crippen molar-refractivity contribution in [2.24, 2.45) is 0 Å². The van der Waals surface area contributed by atoms with E-state index in [2.05, 4.69) is 0 Å². The normalized spacial score (nSPS) is 11.6. The van der Waals surface area contributed by atoms with Gasteiger partial charge in [-0.2, -0.15) is 4.31 Å². The standard InChI is InChI=1S/C24H35NO5S/c1-29-23-13-9-21(10-14-23)19-25(20-22-11-15-24(30-2)16-12-22)31(27,28)18-8-6-4-3-5-7-17-26/h9-16,26H,3-8,17-20H2,1-2H3. The molecule has 0 bridgehead atoms. The SMILES string of the molecule is COc1ccc(CN(Cc2ccc(OC)cc2)S(=O)(=O)CCCCCCCCO)cc1. The lowest BCUT2D eigenvalue weighted by Gasteiger charge is -2.23. The van der Waals surface area contributed by atoms with Crippen LogP contribution < -0.4 is 9.47 Å². The number of hydrogen-bond donors (Lipinski definition) is 1. The predicted octanol–water partition coefficient (Wildman–Crippen LogP) is 4.37. The minimum Gasteiger partial charge on any atom is -0.497 e. The first kappa shape index (κ1) is 25.2. The Balaban J connectivity index is 2.05. The Bertz CT molecular complexity index is 801. The van der Waals surface area contributed by atoms with E-state index >= 15 is 0 Å². The molecule has 6 nitrogen and oxygen atoms in total. The third kappa shape index (κ3) is 8.89. The number of unbranched alkanes of at least 4 members (excludes halogenated alkanes) is 5. The highest BCUT2D eigenvalue weighted by Crippen LogP contribution is 2.20. The van der Waals surface area contributed by atoms with E-state index in [9.17, 15) is 8.42 Å². The summed E-state index contributed by atoms with van der Waals surface area (Å²) < 4.78 is 38.3. The number of aliphatic hydroxyl groups is 1. The topological polar surface area (TPSA) is 76.1 Å². The molecule has 0 amide bonds. The van der Waals surface area contributed by atoms with Crippen molar-refractivity contribution in [1.82, 2.24) is 4.31 Å². The van der Waals surface area contributed by atoms with E-state index in [0.717, 1.165) is 54.7 Å². The Morgan fingerprint density at radius 3 is 1.55 bits per heavy atom. The second-order valence-corrected chi connectivity index (χ2v) is 9.71. The average Bonchev–Trinajstić information content (AvgIpc) is 2.79. The smallest absolute Gasteiger partial charge is 0.214 e. The summed E-state index contributed by atoms with van der Waals surface area (Å²) in [6.07, 6.45) is 5.35. The highest BCUT2D eigenvalue weighted by atomic mass is 32.2. The maximum atomic E-state index is 13.2. The van der Waals surface area contributed by atoms with Gasteiger partial charge in [0.25, 0.3) is 0 Å². The van der Waals surface area contributed by atoms with Gasteiger partial charge in [-0.1, -0.05) is 49.9 Å². The molecule has 2 aromatic carbocycles. The molecule has 2 rings (SSSR count). The van der Waals surface area contributed by atoms with Gasteiger partial charge in [0.05, 0.1) is 20.0 Å². The van der Waals surface area contributed by atoms with Crippen LogP contribution in [0.25, 0.3) is 0 Å². The predicted molar refractivity (Wildman–Crippen MR) is 124 cm³/mol. The molecule has 0 saturated heterocycles. The molecular weight excluding hydrogens is 414 g/mol. The number of hydrogen-bond acceptors (Lipinski definition) is 5. The van der Waals surface area contributed by atoms with E-state index in [4.69, 9.17) is 14.6 Å². The number of aliphatic hydroxyl groups excluding tert-OH is 1. The van der Waals surface area contributed by atoms with Crippen LogP contribution in [0.15, 0.2) is 48.5 Å². The second kappa shape index (κ2) is 13.3. The third-order valence-corrected chi connectivity index (χ3v) is 7.09. The summed E-state index contributed by atoms with van der Waals surface area (Å²) >= 11 is 0. The number of methoxy groups -OCH3 is 2. The van der Waals surface area contributed by atoms with Gasteiger partial charge in [-0.15, -0.1) is 0 Å². The van der Waals surface area contributed by atoms with Gasteiger partial charge in [-0.3, -0.25) is 0 Å². The summed E-state index contributed by atoms with van der Waals surface area (Å²) in [4.78, 5) is 0. The summed E-state index contributed by atoms with van der Waals surface area (Å²) in [5.74, 6) is 1.63. The molecular formula is C24H35NO5S. The molecule has 7 heteroatoms. The summed E-state index contributed by atoms with van der Waals surface area (Å²) in [7, 11) is -0.196. The van der Waals surface area contributed by atoms with Crippen LogP contribution in [0.2, 0.25) is 0 Å². The third-order valence-electron chi connectivity index (χ3n) is 5.24. The molecule has 0 aliphatic heterocycles. The highest BCUT2D eigenvalue weighted by molar-refractivity contribution is 7.89. The van der Waals surface area contributed by atoms with E-state index in [1.807, 2.05) is 48.5 Å². The Morgan fingerprint density at radius 1 is 0.710 bits per heavy atom. The van der Waals surface area contributed by atoms with Crippen LogP contribution in [0.3, 0.4) is 0 Å². The van der Waals surface area contributed by atoms with E-state index in [1.54, 1.807) is 18.5 Å². The van der Waals surface area contributed by atoms with Gasteiger partial charge in [0.1, 0.15) is 11.5 Å². The highest BCUT2D eigenvalue weighted by Gasteiger charge is 2.22. The van der Waals surface area contributed by atoms with Crippen molar-refractivity contribution >= 4 is 10.0 Å². The number of ether oxygens (including phenoxy) is 2. The zero-order valence-electron chi connectivity index (χ0n) is 18.6. The molecule has 0 saturated carbocycles. The number of nitrogens with zero attached hydrogens (tertiary/aromatic N) is 1. The molecule has 31 heavy (non-hydrogen) atoms.